The van der Waals surface area contributed by atoms with Crippen LogP contribution in [0, 0.1) is 13.8 Å². The van der Waals surface area contributed by atoms with Gasteiger partial charge in [0.05, 0.1) is 12.2 Å². The highest BCUT2D eigenvalue weighted by atomic mass is 32.1. The maximum atomic E-state index is 12.8. The van der Waals surface area contributed by atoms with Gasteiger partial charge in [-0.2, -0.15) is 0 Å². The fraction of sp³-hybridized carbons (Fsp3) is 0.174. The third kappa shape index (κ3) is 4.75. The molecular weight excluding hydrogens is 400 g/mol. The number of hydrogen-bond acceptors (Lipinski definition) is 5. The number of ether oxygens (including phenoxy) is 1. The molecule has 0 aliphatic rings. The van der Waals surface area contributed by atoms with Crippen LogP contribution in [0.5, 0.6) is 0 Å². The molecule has 3 aromatic rings. The van der Waals surface area contributed by atoms with Gasteiger partial charge in [-0.15, -0.1) is 11.3 Å². The number of hydrogen-bond donors (Lipinski definition) is 2. The summed E-state index contributed by atoms with van der Waals surface area (Å²) in [5.41, 5.74) is 3.50. The Morgan fingerprint density at radius 1 is 0.900 bits per heavy atom. The molecule has 2 N–H and O–H groups in total. The molecule has 0 saturated carbocycles. The van der Waals surface area contributed by atoms with Crippen molar-refractivity contribution in [1.82, 2.24) is 5.32 Å². The zero-order valence-electron chi connectivity index (χ0n) is 16.9. The Morgan fingerprint density at radius 3 is 2.17 bits per heavy atom. The number of thiophene rings is 1. The number of carbonyl (C=O) groups is 3. The van der Waals surface area contributed by atoms with Gasteiger partial charge in [0.1, 0.15) is 5.00 Å². The standard InChI is InChI=1S/C23H22N2O4S/c1-4-29-23(28)25-21(27)19-14(2)15(3)30-22(19)24-20(26)18-12-10-17(11-13-18)16-8-6-5-7-9-16/h5-13H,4H2,1-3H3,(H,24,26)(H,25,27,28). The van der Waals surface area contributed by atoms with Gasteiger partial charge in [0.15, 0.2) is 0 Å². The van der Waals surface area contributed by atoms with E-state index in [1.807, 2.05) is 49.4 Å². The second-order valence-corrected chi connectivity index (χ2v) is 7.78. The Bertz CT molecular complexity index is 1070. The Hall–Kier alpha value is -3.45. The fourth-order valence-electron chi connectivity index (χ4n) is 2.93. The van der Waals surface area contributed by atoms with Crippen LogP contribution in [0.25, 0.3) is 11.1 Å². The molecule has 154 valence electrons. The zero-order chi connectivity index (χ0) is 21.7. The number of nitrogens with one attached hydrogen (secondary N) is 2. The van der Waals surface area contributed by atoms with Crippen LogP contribution in [-0.4, -0.2) is 24.5 Å². The van der Waals surface area contributed by atoms with Crippen molar-refractivity contribution in [2.24, 2.45) is 0 Å². The molecule has 3 amide bonds. The number of aryl methyl sites for hydroxylation is 1. The molecule has 0 spiro atoms. The molecule has 0 bridgehead atoms. The Balaban J connectivity index is 1.79. The lowest BCUT2D eigenvalue weighted by Gasteiger charge is -2.09. The summed E-state index contributed by atoms with van der Waals surface area (Å²) < 4.78 is 4.76. The minimum Gasteiger partial charge on any atom is -0.450 e. The first-order valence-electron chi connectivity index (χ1n) is 9.45. The molecule has 3 rings (SSSR count). The summed E-state index contributed by atoms with van der Waals surface area (Å²) in [5, 5.41) is 5.38. The quantitative estimate of drug-likeness (QED) is 0.594. The van der Waals surface area contributed by atoms with Crippen molar-refractivity contribution < 1.29 is 19.1 Å². The zero-order valence-corrected chi connectivity index (χ0v) is 17.8. The number of rotatable bonds is 5. The second kappa shape index (κ2) is 9.37. The van der Waals surface area contributed by atoms with Crippen LogP contribution in [0.15, 0.2) is 54.6 Å². The Kier molecular flexibility index (Phi) is 6.64. The van der Waals surface area contributed by atoms with E-state index in [4.69, 9.17) is 4.74 Å². The lowest BCUT2D eigenvalue weighted by atomic mass is 10.0. The van der Waals surface area contributed by atoms with E-state index in [9.17, 15) is 14.4 Å². The highest BCUT2D eigenvalue weighted by Crippen LogP contribution is 2.33. The van der Waals surface area contributed by atoms with E-state index in [0.29, 0.717) is 16.1 Å². The van der Waals surface area contributed by atoms with Crippen LogP contribution in [-0.2, 0) is 4.74 Å². The van der Waals surface area contributed by atoms with Crippen molar-refractivity contribution in [3.63, 3.8) is 0 Å². The van der Waals surface area contributed by atoms with Gasteiger partial charge in [-0.05, 0) is 49.6 Å². The molecule has 1 aromatic heterocycles. The second-order valence-electron chi connectivity index (χ2n) is 6.56. The minimum atomic E-state index is -0.820. The average molecular weight is 423 g/mol. The van der Waals surface area contributed by atoms with E-state index in [2.05, 4.69) is 10.6 Å². The van der Waals surface area contributed by atoms with Gasteiger partial charge in [0.25, 0.3) is 11.8 Å². The van der Waals surface area contributed by atoms with Crippen LogP contribution < -0.4 is 10.6 Å². The first kappa shape index (κ1) is 21.3. The monoisotopic (exact) mass is 422 g/mol. The number of carbonyl (C=O) groups excluding carboxylic acids is 3. The van der Waals surface area contributed by atoms with Crippen LogP contribution in [0.1, 0.15) is 38.1 Å². The average Bonchev–Trinajstić information content (AvgIpc) is 3.02. The summed E-state index contributed by atoms with van der Waals surface area (Å²) in [6.45, 7) is 5.43. The van der Waals surface area contributed by atoms with Gasteiger partial charge in [-0.1, -0.05) is 42.5 Å². The number of benzene rings is 2. The van der Waals surface area contributed by atoms with Gasteiger partial charge in [-0.3, -0.25) is 14.9 Å². The molecule has 7 heteroatoms. The number of anilines is 1. The highest BCUT2D eigenvalue weighted by molar-refractivity contribution is 7.16. The fourth-order valence-corrected chi connectivity index (χ4v) is 3.98. The molecule has 1 heterocycles. The van der Waals surface area contributed by atoms with Crippen molar-refractivity contribution >= 4 is 34.2 Å². The van der Waals surface area contributed by atoms with E-state index in [0.717, 1.165) is 16.0 Å². The molecule has 0 saturated heterocycles. The third-order valence-corrected chi connectivity index (χ3v) is 5.71. The van der Waals surface area contributed by atoms with E-state index < -0.39 is 12.0 Å². The van der Waals surface area contributed by atoms with Crippen molar-refractivity contribution in [1.29, 1.82) is 0 Å². The lowest BCUT2D eigenvalue weighted by molar-refractivity contribution is 0.0925. The summed E-state index contributed by atoms with van der Waals surface area (Å²) in [6.07, 6.45) is -0.820. The molecule has 30 heavy (non-hydrogen) atoms. The van der Waals surface area contributed by atoms with Crippen molar-refractivity contribution in [3.05, 3.63) is 76.2 Å². The van der Waals surface area contributed by atoms with Crippen LogP contribution in [0.3, 0.4) is 0 Å². The number of imide groups is 1. The van der Waals surface area contributed by atoms with Gasteiger partial charge in [0, 0.05) is 10.4 Å². The maximum absolute atomic E-state index is 12.8. The molecule has 0 radical (unpaired) electrons. The van der Waals surface area contributed by atoms with Crippen molar-refractivity contribution in [2.45, 2.75) is 20.8 Å². The molecule has 0 aliphatic carbocycles. The van der Waals surface area contributed by atoms with Gasteiger partial charge in [-0.25, -0.2) is 4.79 Å². The van der Waals surface area contributed by atoms with Crippen LogP contribution in [0.2, 0.25) is 0 Å². The van der Waals surface area contributed by atoms with E-state index in [-0.39, 0.29) is 18.1 Å². The topological polar surface area (TPSA) is 84.5 Å². The van der Waals surface area contributed by atoms with Crippen LogP contribution >= 0.6 is 11.3 Å². The third-order valence-electron chi connectivity index (χ3n) is 4.58. The predicted molar refractivity (Wildman–Crippen MR) is 118 cm³/mol. The predicted octanol–water partition coefficient (Wildman–Crippen LogP) is 5.17. The summed E-state index contributed by atoms with van der Waals surface area (Å²) in [7, 11) is 0. The van der Waals surface area contributed by atoms with Gasteiger partial charge >= 0.3 is 6.09 Å². The summed E-state index contributed by atoms with van der Waals surface area (Å²) in [4.78, 5) is 37.8. The van der Waals surface area contributed by atoms with Crippen LogP contribution in [0.4, 0.5) is 9.80 Å². The molecule has 6 nitrogen and oxygen atoms in total. The van der Waals surface area contributed by atoms with E-state index >= 15 is 0 Å². The summed E-state index contributed by atoms with van der Waals surface area (Å²) >= 11 is 1.29. The lowest BCUT2D eigenvalue weighted by Crippen LogP contribution is -2.31. The largest absolute Gasteiger partial charge is 0.450 e. The molecule has 0 fully saturated rings. The molecule has 0 atom stereocenters. The SMILES string of the molecule is CCOC(=O)NC(=O)c1c(NC(=O)c2ccc(-c3ccccc3)cc2)sc(C)c1C. The first-order chi connectivity index (χ1) is 14.4. The summed E-state index contributed by atoms with van der Waals surface area (Å²) in [5.74, 6) is -0.939. The first-order valence-corrected chi connectivity index (χ1v) is 10.3. The smallest absolute Gasteiger partial charge is 0.414 e. The van der Waals surface area contributed by atoms with Crippen molar-refractivity contribution in [2.75, 3.05) is 11.9 Å². The van der Waals surface area contributed by atoms with Gasteiger partial charge in [0.2, 0.25) is 0 Å². The Morgan fingerprint density at radius 2 is 1.53 bits per heavy atom. The minimum absolute atomic E-state index is 0.156. The highest BCUT2D eigenvalue weighted by Gasteiger charge is 2.23. The van der Waals surface area contributed by atoms with E-state index in [1.165, 1.54) is 11.3 Å². The Labute approximate surface area is 178 Å². The van der Waals surface area contributed by atoms with Gasteiger partial charge < -0.3 is 10.1 Å². The number of alkyl carbamates (subject to hydrolysis) is 1. The molecule has 0 aliphatic heterocycles. The van der Waals surface area contributed by atoms with Crippen molar-refractivity contribution in [3.8, 4) is 11.1 Å². The molecular formula is C23H22N2O4S. The normalized spacial score (nSPS) is 10.4. The molecule has 0 unspecified atom stereocenters. The molecule has 2 aromatic carbocycles. The summed E-state index contributed by atoms with van der Waals surface area (Å²) in [6, 6.07) is 17.1. The number of amides is 3. The maximum Gasteiger partial charge on any atom is 0.414 e. The van der Waals surface area contributed by atoms with E-state index in [1.54, 1.807) is 26.0 Å².